The first-order chi connectivity index (χ1) is 16.4. The highest BCUT2D eigenvalue weighted by molar-refractivity contribution is 6.35. The third-order valence-electron chi connectivity index (χ3n) is 5.04. The monoisotopic (exact) mass is 511 g/mol. The van der Waals surface area contributed by atoms with Crippen molar-refractivity contribution in [2.75, 3.05) is 5.32 Å². The second-order valence-electron chi connectivity index (χ2n) is 8.80. The number of nitro groups is 1. The first-order valence-corrected chi connectivity index (χ1v) is 11.3. The van der Waals surface area contributed by atoms with Crippen LogP contribution in [0.5, 0.6) is 0 Å². The van der Waals surface area contributed by atoms with Gasteiger partial charge in [-0.05, 0) is 65.1 Å². The zero-order valence-corrected chi connectivity index (χ0v) is 20.8. The number of carbonyl (C=O) groups is 2. The molecule has 9 heteroatoms. The topological polar surface area (TPSA) is 101 Å². The van der Waals surface area contributed by atoms with Crippen LogP contribution in [0.4, 0.5) is 11.4 Å². The van der Waals surface area contributed by atoms with Gasteiger partial charge in [-0.15, -0.1) is 0 Å². The van der Waals surface area contributed by atoms with E-state index in [0.29, 0.717) is 26.9 Å². The molecule has 180 valence electrons. The van der Waals surface area contributed by atoms with Gasteiger partial charge < -0.3 is 10.6 Å². The van der Waals surface area contributed by atoms with Crippen molar-refractivity contribution in [1.82, 2.24) is 5.32 Å². The molecule has 0 saturated carbocycles. The Morgan fingerprint density at radius 3 is 2.00 bits per heavy atom. The number of nitro benzene ring substituents is 1. The normalized spacial score (nSPS) is 11.6. The van der Waals surface area contributed by atoms with E-state index in [2.05, 4.69) is 31.4 Å². The molecule has 0 aromatic heterocycles. The largest absolute Gasteiger partial charge is 0.321 e. The maximum atomic E-state index is 13.1. The number of rotatable bonds is 6. The van der Waals surface area contributed by atoms with E-state index in [0.717, 1.165) is 5.56 Å². The summed E-state index contributed by atoms with van der Waals surface area (Å²) in [6.45, 7) is 6.21. The van der Waals surface area contributed by atoms with Gasteiger partial charge >= 0.3 is 0 Å². The van der Waals surface area contributed by atoms with Crippen LogP contribution in [0.3, 0.4) is 0 Å². The molecule has 7 nitrogen and oxygen atoms in total. The quantitative estimate of drug-likeness (QED) is 0.221. The molecule has 0 heterocycles. The van der Waals surface area contributed by atoms with Gasteiger partial charge in [-0.25, -0.2) is 0 Å². The van der Waals surface area contributed by atoms with Crippen molar-refractivity contribution < 1.29 is 14.5 Å². The fourth-order valence-corrected chi connectivity index (χ4v) is 3.68. The number of anilines is 1. The van der Waals surface area contributed by atoms with E-state index in [4.69, 9.17) is 23.2 Å². The van der Waals surface area contributed by atoms with E-state index >= 15 is 0 Å². The molecule has 0 aliphatic rings. The molecule has 0 aliphatic carbocycles. The Morgan fingerprint density at radius 2 is 1.49 bits per heavy atom. The number of nitrogens with zero attached hydrogens (tertiary/aromatic N) is 1. The van der Waals surface area contributed by atoms with Crippen LogP contribution >= 0.6 is 23.2 Å². The lowest BCUT2D eigenvalue weighted by atomic mass is 9.87. The lowest BCUT2D eigenvalue weighted by Crippen LogP contribution is -2.30. The second kappa shape index (κ2) is 10.7. The second-order valence-corrected chi connectivity index (χ2v) is 9.67. The first-order valence-electron chi connectivity index (χ1n) is 10.6. The van der Waals surface area contributed by atoms with Crippen molar-refractivity contribution in [3.8, 4) is 0 Å². The molecule has 0 radical (unpaired) electrons. The van der Waals surface area contributed by atoms with Gasteiger partial charge in [0.05, 0.1) is 4.92 Å². The zero-order valence-electron chi connectivity index (χ0n) is 19.3. The summed E-state index contributed by atoms with van der Waals surface area (Å²) >= 11 is 12.0. The summed E-state index contributed by atoms with van der Waals surface area (Å²) in [6.07, 6.45) is 1.42. The maximum Gasteiger partial charge on any atom is 0.272 e. The lowest BCUT2D eigenvalue weighted by molar-refractivity contribution is -0.384. The Balaban J connectivity index is 1.91. The molecular weight excluding hydrogens is 489 g/mol. The minimum Gasteiger partial charge on any atom is -0.321 e. The summed E-state index contributed by atoms with van der Waals surface area (Å²) in [6, 6.07) is 17.2. The highest BCUT2D eigenvalue weighted by atomic mass is 35.5. The van der Waals surface area contributed by atoms with Crippen molar-refractivity contribution in [3.63, 3.8) is 0 Å². The Bertz CT molecular complexity index is 1280. The molecule has 2 amide bonds. The number of hydrogen-bond acceptors (Lipinski definition) is 4. The number of amides is 2. The average molecular weight is 512 g/mol. The van der Waals surface area contributed by atoms with E-state index in [9.17, 15) is 19.7 Å². The molecule has 0 fully saturated rings. The van der Waals surface area contributed by atoms with Crippen molar-refractivity contribution in [3.05, 3.63) is 109 Å². The molecule has 0 spiro atoms. The number of carbonyl (C=O) groups excluding carboxylic acids is 2. The number of hydrogen-bond donors (Lipinski definition) is 2. The molecule has 3 aromatic carbocycles. The fourth-order valence-electron chi connectivity index (χ4n) is 3.16. The van der Waals surface area contributed by atoms with Crippen LogP contribution in [0, 0.1) is 10.1 Å². The summed E-state index contributed by atoms with van der Waals surface area (Å²) in [5.41, 5.74) is 2.01. The fraction of sp³-hybridized carbons (Fsp3) is 0.154. The lowest BCUT2D eigenvalue weighted by Gasteiger charge is -2.19. The number of non-ortho nitro benzene ring substituents is 1. The maximum absolute atomic E-state index is 13.1. The Kier molecular flexibility index (Phi) is 7.94. The molecular formula is C26H23Cl2N3O4. The Labute approximate surface area is 212 Å². The van der Waals surface area contributed by atoms with Gasteiger partial charge in [-0.2, -0.15) is 0 Å². The highest BCUT2D eigenvalue weighted by Crippen LogP contribution is 2.24. The molecule has 0 atom stereocenters. The van der Waals surface area contributed by atoms with Gasteiger partial charge in [0, 0.05) is 33.4 Å². The molecule has 35 heavy (non-hydrogen) atoms. The average Bonchev–Trinajstić information content (AvgIpc) is 2.77. The number of halogens is 2. The van der Waals surface area contributed by atoms with E-state index in [-0.39, 0.29) is 16.8 Å². The third kappa shape index (κ3) is 7.15. The number of benzene rings is 3. The summed E-state index contributed by atoms with van der Waals surface area (Å²) < 4.78 is 0. The summed E-state index contributed by atoms with van der Waals surface area (Å²) in [5, 5.41) is 16.9. The van der Waals surface area contributed by atoms with Crippen LogP contribution in [0.25, 0.3) is 6.08 Å². The molecule has 3 rings (SSSR count). The summed E-state index contributed by atoms with van der Waals surface area (Å²) in [7, 11) is 0. The summed E-state index contributed by atoms with van der Waals surface area (Å²) in [5.74, 6) is -1.11. The molecule has 0 unspecified atom stereocenters. The van der Waals surface area contributed by atoms with E-state index < -0.39 is 16.7 Å². The minimum atomic E-state index is -0.624. The van der Waals surface area contributed by atoms with Crippen LogP contribution in [0.2, 0.25) is 10.0 Å². The zero-order chi connectivity index (χ0) is 25.8. The standard InChI is InChI=1S/C26H23Cl2N3O4/c1-26(2,3)18-8-6-17(7-9-18)24(32)30-23(12-16-4-10-22(11-5-16)31(34)35)25(33)29-21-14-19(27)13-20(28)15-21/h4-15H,1-3H3,(H,29,33)(H,30,32)/b23-12-. The Hall–Kier alpha value is -3.68. The highest BCUT2D eigenvalue weighted by Gasteiger charge is 2.18. The van der Waals surface area contributed by atoms with Gasteiger partial charge in [0.1, 0.15) is 5.70 Å². The molecule has 2 N–H and O–H groups in total. The molecule has 0 aliphatic heterocycles. The summed E-state index contributed by atoms with van der Waals surface area (Å²) in [4.78, 5) is 36.4. The van der Waals surface area contributed by atoms with Crippen molar-refractivity contribution in [2.24, 2.45) is 0 Å². The van der Waals surface area contributed by atoms with Crippen molar-refractivity contribution in [1.29, 1.82) is 0 Å². The molecule has 0 saturated heterocycles. The van der Waals surface area contributed by atoms with Crippen molar-refractivity contribution >= 4 is 52.5 Å². The van der Waals surface area contributed by atoms with Gasteiger partial charge in [0.25, 0.3) is 17.5 Å². The van der Waals surface area contributed by atoms with Crippen LogP contribution in [0.15, 0.2) is 72.4 Å². The van der Waals surface area contributed by atoms with Gasteiger partial charge in [0.15, 0.2) is 0 Å². The van der Waals surface area contributed by atoms with Gasteiger partial charge in [-0.1, -0.05) is 56.1 Å². The first kappa shape index (κ1) is 25.9. The van der Waals surface area contributed by atoms with E-state index in [1.165, 1.54) is 48.5 Å². The van der Waals surface area contributed by atoms with Gasteiger partial charge in [-0.3, -0.25) is 19.7 Å². The van der Waals surface area contributed by atoms with E-state index in [1.54, 1.807) is 12.1 Å². The van der Waals surface area contributed by atoms with Gasteiger partial charge in [0.2, 0.25) is 0 Å². The predicted molar refractivity (Wildman–Crippen MR) is 139 cm³/mol. The number of nitrogens with one attached hydrogen (secondary N) is 2. The van der Waals surface area contributed by atoms with E-state index in [1.807, 2.05) is 12.1 Å². The smallest absolute Gasteiger partial charge is 0.272 e. The van der Waals surface area contributed by atoms with Crippen molar-refractivity contribution in [2.45, 2.75) is 26.2 Å². The molecule has 0 bridgehead atoms. The van der Waals surface area contributed by atoms with Crippen LogP contribution in [0.1, 0.15) is 42.3 Å². The third-order valence-corrected chi connectivity index (χ3v) is 5.48. The minimum absolute atomic E-state index is 0.0696. The van der Waals surface area contributed by atoms with Crippen LogP contribution < -0.4 is 10.6 Å². The van der Waals surface area contributed by atoms with Crippen LogP contribution in [-0.2, 0) is 10.2 Å². The molecule has 3 aromatic rings. The predicted octanol–water partition coefficient (Wildman–Crippen LogP) is 6.61. The SMILES string of the molecule is CC(C)(C)c1ccc(C(=O)N/C(=C\c2ccc([N+](=O)[O-])cc2)C(=O)Nc2cc(Cl)cc(Cl)c2)cc1. The Morgan fingerprint density at radius 1 is 0.914 bits per heavy atom. The van der Waals surface area contributed by atoms with Crippen LogP contribution in [-0.4, -0.2) is 16.7 Å².